The van der Waals surface area contributed by atoms with Crippen LogP contribution in [-0.2, 0) is 0 Å². The molecule has 0 atom stereocenters. The molecule has 2 aliphatic carbocycles. The summed E-state index contributed by atoms with van der Waals surface area (Å²) in [5.41, 5.74) is 1.83. The summed E-state index contributed by atoms with van der Waals surface area (Å²) in [6, 6.07) is 8.26. The number of nitrogens with one attached hydrogen (secondary N) is 2. The standard InChI is InChI=1S/C16H18N2O/c19-16(18-15(10-4-5-10)11-6-7-11)13-2-1-3-14-12(13)8-9-17-14/h1-3,8-11,15,17H,4-7H2,(H,18,19). The van der Waals surface area contributed by atoms with Crippen molar-refractivity contribution in [3.8, 4) is 0 Å². The fraction of sp³-hybridized carbons (Fsp3) is 0.438. The number of amides is 1. The van der Waals surface area contributed by atoms with Crippen LogP contribution in [0, 0.1) is 11.8 Å². The number of carbonyl (C=O) groups excluding carboxylic acids is 1. The van der Waals surface area contributed by atoms with E-state index in [9.17, 15) is 4.79 Å². The van der Waals surface area contributed by atoms with E-state index in [1.165, 1.54) is 25.7 Å². The molecule has 0 aliphatic heterocycles. The monoisotopic (exact) mass is 254 g/mol. The number of fused-ring (bicyclic) bond motifs is 1. The second-order valence-corrected chi connectivity index (χ2v) is 5.92. The molecule has 1 amide bonds. The van der Waals surface area contributed by atoms with E-state index in [0.717, 1.165) is 28.3 Å². The van der Waals surface area contributed by atoms with Crippen LogP contribution in [0.5, 0.6) is 0 Å². The van der Waals surface area contributed by atoms with Gasteiger partial charge in [0.15, 0.2) is 0 Å². The molecule has 2 aromatic rings. The van der Waals surface area contributed by atoms with Crippen LogP contribution >= 0.6 is 0 Å². The van der Waals surface area contributed by atoms with Crippen molar-refractivity contribution in [2.45, 2.75) is 31.7 Å². The van der Waals surface area contributed by atoms with Crippen LogP contribution in [0.2, 0.25) is 0 Å². The normalized spacial score (nSPS) is 19.0. The first kappa shape index (κ1) is 11.1. The highest BCUT2D eigenvalue weighted by atomic mass is 16.1. The average Bonchev–Trinajstić information content (AvgIpc) is 3.33. The van der Waals surface area contributed by atoms with Gasteiger partial charge in [0, 0.05) is 28.7 Å². The van der Waals surface area contributed by atoms with Gasteiger partial charge < -0.3 is 10.3 Å². The fourth-order valence-corrected chi connectivity index (χ4v) is 3.04. The van der Waals surface area contributed by atoms with Crippen LogP contribution < -0.4 is 5.32 Å². The molecule has 0 spiro atoms. The third-order valence-electron chi connectivity index (χ3n) is 4.40. The molecule has 1 heterocycles. The number of H-pyrrole nitrogens is 1. The summed E-state index contributed by atoms with van der Waals surface area (Å²) < 4.78 is 0. The van der Waals surface area contributed by atoms with Gasteiger partial charge in [-0.1, -0.05) is 6.07 Å². The van der Waals surface area contributed by atoms with Gasteiger partial charge in [-0.15, -0.1) is 0 Å². The van der Waals surface area contributed by atoms with Crippen molar-refractivity contribution >= 4 is 16.8 Å². The van der Waals surface area contributed by atoms with Crippen molar-refractivity contribution in [1.29, 1.82) is 0 Å². The molecule has 0 bridgehead atoms. The van der Waals surface area contributed by atoms with Gasteiger partial charge in [-0.3, -0.25) is 4.79 Å². The van der Waals surface area contributed by atoms with E-state index in [-0.39, 0.29) is 5.91 Å². The lowest BCUT2D eigenvalue weighted by Gasteiger charge is -2.18. The molecule has 4 rings (SSSR count). The molecule has 2 saturated carbocycles. The van der Waals surface area contributed by atoms with E-state index in [1.807, 2.05) is 30.5 Å². The second kappa shape index (κ2) is 4.12. The molecule has 2 N–H and O–H groups in total. The minimum Gasteiger partial charge on any atom is -0.361 e. The molecular formula is C16H18N2O. The summed E-state index contributed by atoms with van der Waals surface area (Å²) in [6.07, 6.45) is 7.04. The zero-order valence-electron chi connectivity index (χ0n) is 10.9. The second-order valence-electron chi connectivity index (χ2n) is 5.92. The summed E-state index contributed by atoms with van der Waals surface area (Å²) in [5, 5.41) is 4.31. The lowest BCUT2D eigenvalue weighted by molar-refractivity contribution is 0.0928. The Morgan fingerprint density at radius 3 is 2.58 bits per heavy atom. The van der Waals surface area contributed by atoms with Crippen molar-refractivity contribution in [3.63, 3.8) is 0 Å². The summed E-state index contributed by atoms with van der Waals surface area (Å²) in [5.74, 6) is 1.57. The minimum absolute atomic E-state index is 0.0917. The van der Waals surface area contributed by atoms with Crippen molar-refractivity contribution in [2.75, 3.05) is 0 Å². The van der Waals surface area contributed by atoms with Crippen LogP contribution in [0.4, 0.5) is 0 Å². The maximum absolute atomic E-state index is 12.5. The maximum atomic E-state index is 12.5. The third-order valence-corrected chi connectivity index (χ3v) is 4.40. The van der Waals surface area contributed by atoms with Crippen LogP contribution in [0.15, 0.2) is 30.5 Å². The quantitative estimate of drug-likeness (QED) is 0.865. The minimum atomic E-state index is 0.0917. The highest BCUT2D eigenvalue weighted by Crippen LogP contribution is 2.44. The number of hydrogen-bond acceptors (Lipinski definition) is 1. The Bertz CT molecular complexity index is 610. The van der Waals surface area contributed by atoms with E-state index < -0.39 is 0 Å². The highest BCUT2D eigenvalue weighted by molar-refractivity contribution is 6.06. The first-order valence-corrected chi connectivity index (χ1v) is 7.20. The molecular weight excluding hydrogens is 236 g/mol. The average molecular weight is 254 g/mol. The molecule has 0 unspecified atom stereocenters. The van der Waals surface area contributed by atoms with Crippen LogP contribution in [-0.4, -0.2) is 16.9 Å². The molecule has 0 radical (unpaired) electrons. The van der Waals surface area contributed by atoms with Crippen LogP contribution in [0.25, 0.3) is 10.9 Å². The van der Waals surface area contributed by atoms with Crippen LogP contribution in [0.3, 0.4) is 0 Å². The van der Waals surface area contributed by atoms with E-state index in [4.69, 9.17) is 0 Å². The lowest BCUT2D eigenvalue weighted by Crippen LogP contribution is -2.38. The lowest BCUT2D eigenvalue weighted by atomic mass is 10.1. The zero-order chi connectivity index (χ0) is 12.8. The summed E-state index contributed by atoms with van der Waals surface area (Å²) >= 11 is 0. The smallest absolute Gasteiger partial charge is 0.252 e. The predicted octanol–water partition coefficient (Wildman–Crippen LogP) is 3.09. The van der Waals surface area contributed by atoms with Gasteiger partial charge in [0.05, 0.1) is 0 Å². The van der Waals surface area contributed by atoms with Gasteiger partial charge in [-0.2, -0.15) is 0 Å². The Labute approximate surface area is 112 Å². The van der Waals surface area contributed by atoms with Gasteiger partial charge in [0.1, 0.15) is 0 Å². The Morgan fingerprint density at radius 1 is 1.16 bits per heavy atom. The third kappa shape index (κ3) is 2.03. The van der Waals surface area contributed by atoms with Gasteiger partial charge >= 0.3 is 0 Å². The largest absolute Gasteiger partial charge is 0.361 e. The molecule has 3 nitrogen and oxygen atoms in total. The fourth-order valence-electron chi connectivity index (χ4n) is 3.04. The number of rotatable bonds is 4. The summed E-state index contributed by atoms with van der Waals surface area (Å²) in [7, 11) is 0. The number of benzene rings is 1. The Hall–Kier alpha value is -1.77. The molecule has 98 valence electrons. The number of carbonyl (C=O) groups is 1. The van der Waals surface area contributed by atoms with E-state index in [2.05, 4.69) is 10.3 Å². The van der Waals surface area contributed by atoms with Gasteiger partial charge in [0.2, 0.25) is 0 Å². The van der Waals surface area contributed by atoms with Crippen molar-refractivity contribution < 1.29 is 4.79 Å². The Morgan fingerprint density at radius 2 is 1.89 bits per heavy atom. The maximum Gasteiger partial charge on any atom is 0.252 e. The Kier molecular flexibility index (Phi) is 2.40. The first-order chi connectivity index (χ1) is 9.33. The first-order valence-electron chi connectivity index (χ1n) is 7.20. The van der Waals surface area contributed by atoms with Gasteiger partial charge in [-0.25, -0.2) is 0 Å². The van der Waals surface area contributed by atoms with Gasteiger partial charge in [0.25, 0.3) is 5.91 Å². The van der Waals surface area contributed by atoms with E-state index in [0.29, 0.717) is 6.04 Å². The predicted molar refractivity (Wildman–Crippen MR) is 75.0 cm³/mol. The number of hydrogen-bond donors (Lipinski definition) is 2. The SMILES string of the molecule is O=C(NC(C1CC1)C1CC1)c1cccc2[nH]ccc12. The molecule has 2 fully saturated rings. The van der Waals surface area contributed by atoms with Gasteiger partial charge in [-0.05, 0) is 55.7 Å². The molecule has 2 aliphatic rings. The van der Waals surface area contributed by atoms with Crippen molar-refractivity contribution in [3.05, 3.63) is 36.0 Å². The molecule has 1 aromatic carbocycles. The molecule has 1 aromatic heterocycles. The number of aromatic amines is 1. The zero-order valence-corrected chi connectivity index (χ0v) is 10.9. The molecule has 19 heavy (non-hydrogen) atoms. The van der Waals surface area contributed by atoms with E-state index in [1.54, 1.807) is 0 Å². The highest BCUT2D eigenvalue weighted by Gasteiger charge is 2.42. The van der Waals surface area contributed by atoms with Crippen molar-refractivity contribution in [1.82, 2.24) is 10.3 Å². The number of aromatic nitrogens is 1. The van der Waals surface area contributed by atoms with E-state index >= 15 is 0 Å². The van der Waals surface area contributed by atoms with Crippen molar-refractivity contribution in [2.24, 2.45) is 11.8 Å². The topological polar surface area (TPSA) is 44.9 Å². The summed E-state index contributed by atoms with van der Waals surface area (Å²) in [4.78, 5) is 15.7. The molecule has 0 saturated heterocycles. The summed E-state index contributed by atoms with van der Waals surface area (Å²) in [6.45, 7) is 0. The Balaban J connectivity index is 1.60. The molecule has 3 heteroatoms. The van der Waals surface area contributed by atoms with Crippen LogP contribution in [0.1, 0.15) is 36.0 Å².